The number of carbonyl (C=O) groups is 2. The maximum absolute atomic E-state index is 13.7. The molecule has 1 amide bonds. The molecule has 0 saturated heterocycles. The van der Waals surface area contributed by atoms with E-state index in [9.17, 15) is 14.0 Å². The molecule has 5 rings (SSSR count). The SMILES string of the molecule is CC(=O)Oc1c(-c2ccc(NC(=O)c3ccco3)cc2)c(-c2ccc(N(C)C)cc2)nn1-c1ccc(F)cc1. The van der Waals surface area contributed by atoms with Crippen LogP contribution in [0.1, 0.15) is 17.5 Å². The molecule has 3 aromatic carbocycles. The number of carbonyl (C=O) groups excluding carboxylic acids is 2. The Morgan fingerprint density at radius 2 is 1.59 bits per heavy atom. The maximum atomic E-state index is 13.7. The van der Waals surface area contributed by atoms with Crippen molar-refractivity contribution in [3.8, 4) is 34.0 Å². The number of nitrogens with one attached hydrogen (secondary N) is 1. The van der Waals surface area contributed by atoms with Crippen LogP contribution < -0.4 is 15.0 Å². The van der Waals surface area contributed by atoms with Crippen LogP contribution in [0.3, 0.4) is 0 Å². The molecule has 39 heavy (non-hydrogen) atoms. The highest BCUT2D eigenvalue weighted by Crippen LogP contribution is 2.41. The molecule has 2 heterocycles. The molecule has 0 atom stereocenters. The second-order valence-corrected chi connectivity index (χ2v) is 8.96. The van der Waals surface area contributed by atoms with Gasteiger partial charge in [-0.1, -0.05) is 24.3 Å². The molecule has 8 nitrogen and oxygen atoms in total. The normalized spacial score (nSPS) is 10.8. The van der Waals surface area contributed by atoms with Crippen LogP contribution in [0.2, 0.25) is 0 Å². The summed E-state index contributed by atoms with van der Waals surface area (Å²) in [6.07, 6.45) is 1.43. The first kappa shape index (κ1) is 25.5. The van der Waals surface area contributed by atoms with E-state index in [1.165, 1.54) is 30.0 Å². The third-order valence-electron chi connectivity index (χ3n) is 5.99. The molecule has 0 saturated carbocycles. The first-order valence-electron chi connectivity index (χ1n) is 12.1. The number of anilines is 2. The number of rotatable bonds is 7. The van der Waals surface area contributed by atoms with Gasteiger partial charge in [-0.05, 0) is 66.2 Å². The number of ether oxygens (including phenoxy) is 1. The zero-order chi connectivity index (χ0) is 27.5. The zero-order valence-corrected chi connectivity index (χ0v) is 21.5. The Balaban J connectivity index is 1.63. The highest BCUT2D eigenvalue weighted by molar-refractivity contribution is 6.02. The Morgan fingerprint density at radius 3 is 2.18 bits per heavy atom. The van der Waals surface area contributed by atoms with Crippen LogP contribution in [0, 0.1) is 5.82 Å². The Labute approximate surface area is 224 Å². The largest absolute Gasteiger partial charge is 0.459 e. The van der Waals surface area contributed by atoms with E-state index in [2.05, 4.69) is 5.32 Å². The average Bonchev–Trinajstić information content (AvgIpc) is 3.59. The van der Waals surface area contributed by atoms with Crippen LogP contribution in [-0.2, 0) is 4.79 Å². The molecule has 0 spiro atoms. The maximum Gasteiger partial charge on any atom is 0.309 e. The van der Waals surface area contributed by atoms with Crippen molar-refractivity contribution in [3.05, 3.63) is 103 Å². The van der Waals surface area contributed by atoms with E-state index in [0.29, 0.717) is 28.2 Å². The van der Waals surface area contributed by atoms with Crippen LogP contribution >= 0.6 is 0 Å². The van der Waals surface area contributed by atoms with E-state index >= 15 is 0 Å². The Kier molecular flexibility index (Phi) is 6.96. The lowest BCUT2D eigenvalue weighted by atomic mass is 10.0. The minimum absolute atomic E-state index is 0.188. The summed E-state index contributed by atoms with van der Waals surface area (Å²) in [5.41, 5.74) is 4.70. The molecular formula is C30H25FN4O4. The number of furan rings is 1. The van der Waals surface area contributed by atoms with E-state index < -0.39 is 11.8 Å². The van der Waals surface area contributed by atoms with Crippen molar-refractivity contribution >= 4 is 23.3 Å². The van der Waals surface area contributed by atoms with Crippen molar-refractivity contribution in [1.29, 1.82) is 0 Å². The number of hydrogen-bond donors (Lipinski definition) is 1. The summed E-state index contributed by atoms with van der Waals surface area (Å²) in [5, 5.41) is 7.60. The van der Waals surface area contributed by atoms with Crippen LogP contribution in [0.4, 0.5) is 15.8 Å². The Morgan fingerprint density at radius 1 is 0.923 bits per heavy atom. The minimum Gasteiger partial charge on any atom is -0.459 e. The summed E-state index contributed by atoms with van der Waals surface area (Å²) >= 11 is 0. The Hall–Kier alpha value is -5.18. The van der Waals surface area contributed by atoms with Crippen molar-refractivity contribution in [2.75, 3.05) is 24.3 Å². The first-order valence-corrected chi connectivity index (χ1v) is 12.1. The fourth-order valence-corrected chi connectivity index (χ4v) is 4.09. The molecule has 0 bridgehead atoms. The molecule has 1 N–H and O–H groups in total. The third-order valence-corrected chi connectivity index (χ3v) is 5.99. The van der Waals surface area contributed by atoms with E-state index in [1.807, 2.05) is 43.3 Å². The monoisotopic (exact) mass is 524 g/mol. The van der Waals surface area contributed by atoms with Gasteiger partial charge in [0.15, 0.2) is 5.76 Å². The van der Waals surface area contributed by atoms with Gasteiger partial charge in [0, 0.05) is 38.0 Å². The van der Waals surface area contributed by atoms with E-state index in [0.717, 1.165) is 11.3 Å². The topological polar surface area (TPSA) is 89.6 Å². The molecule has 0 radical (unpaired) electrons. The highest BCUT2D eigenvalue weighted by atomic mass is 19.1. The molecule has 0 aliphatic heterocycles. The van der Waals surface area contributed by atoms with Gasteiger partial charge in [0.1, 0.15) is 11.5 Å². The van der Waals surface area contributed by atoms with Gasteiger partial charge in [0.25, 0.3) is 5.91 Å². The molecule has 0 aliphatic carbocycles. The van der Waals surface area contributed by atoms with Crippen molar-refractivity contribution in [2.24, 2.45) is 0 Å². The average molecular weight is 525 g/mol. The molecule has 2 aromatic heterocycles. The lowest BCUT2D eigenvalue weighted by Gasteiger charge is -2.13. The number of halogens is 1. The van der Waals surface area contributed by atoms with Gasteiger partial charge >= 0.3 is 5.97 Å². The summed E-state index contributed by atoms with van der Waals surface area (Å²) in [6.45, 7) is 1.31. The molecule has 196 valence electrons. The summed E-state index contributed by atoms with van der Waals surface area (Å²) in [4.78, 5) is 26.6. The second kappa shape index (κ2) is 10.7. The van der Waals surface area contributed by atoms with Crippen LogP contribution in [-0.4, -0.2) is 35.8 Å². The van der Waals surface area contributed by atoms with Crippen molar-refractivity contribution in [3.63, 3.8) is 0 Å². The van der Waals surface area contributed by atoms with Crippen molar-refractivity contribution in [1.82, 2.24) is 9.78 Å². The fraction of sp³-hybridized carbons (Fsp3) is 0.100. The third kappa shape index (κ3) is 5.42. The van der Waals surface area contributed by atoms with Gasteiger partial charge in [-0.25, -0.2) is 4.39 Å². The van der Waals surface area contributed by atoms with E-state index in [4.69, 9.17) is 14.3 Å². The molecule has 0 fully saturated rings. The number of nitrogens with zero attached hydrogens (tertiary/aromatic N) is 3. The molecular weight excluding hydrogens is 499 g/mol. The molecule has 9 heteroatoms. The lowest BCUT2D eigenvalue weighted by molar-refractivity contribution is -0.132. The van der Waals surface area contributed by atoms with Gasteiger partial charge < -0.3 is 19.4 Å². The van der Waals surface area contributed by atoms with Crippen LogP contribution in [0.25, 0.3) is 28.1 Å². The van der Waals surface area contributed by atoms with Gasteiger partial charge in [-0.15, -0.1) is 0 Å². The number of benzene rings is 3. The summed E-state index contributed by atoms with van der Waals surface area (Å²) < 4.78 is 26.0. The van der Waals surface area contributed by atoms with Gasteiger partial charge in [-0.3, -0.25) is 9.59 Å². The standard InChI is InChI=1S/C30H25FN4O4/c1-19(36)39-30-27(20-6-12-23(13-7-20)32-29(37)26-5-4-18-38-26)28(21-8-14-24(15-9-21)34(2)3)33-35(30)25-16-10-22(31)11-17-25/h4-18H,1-3H3,(H,32,37). The van der Waals surface area contributed by atoms with Gasteiger partial charge in [0.2, 0.25) is 5.88 Å². The lowest BCUT2D eigenvalue weighted by Crippen LogP contribution is -2.10. The number of amides is 1. The number of hydrogen-bond acceptors (Lipinski definition) is 6. The summed E-state index contributed by atoms with van der Waals surface area (Å²) in [5.74, 6) is -0.921. The summed E-state index contributed by atoms with van der Waals surface area (Å²) in [7, 11) is 3.91. The molecule has 5 aromatic rings. The predicted molar refractivity (Wildman–Crippen MR) is 147 cm³/mol. The molecule has 0 unspecified atom stereocenters. The van der Waals surface area contributed by atoms with Crippen LogP contribution in [0.5, 0.6) is 5.88 Å². The summed E-state index contributed by atoms with van der Waals surface area (Å²) in [6, 6.07) is 23.9. The Bertz CT molecular complexity index is 1610. The minimum atomic E-state index is -0.531. The van der Waals surface area contributed by atoms with Gasteiger partial charge in [0.05, 0.1) is 17.5 Å². The van der Waals surface area contributed by atoms with Crippen LogP contribution in [0.15, 0.2) is 95.6 Å². The quantitative estimate of drug-likeness (QED) is 0.256. The number of aromatic nitrogens is 2. The van der Waals surface area contributed by atoms with Crippen molar-refractivity contribution < 1.29 is 23.1 Å². The smallest absolute Gasteiger partial charge is 0.309 e. The molecule has 0 aliphatic rings. The highest BCUT2D eigenvalue weighted by Gasteiger charge is 2.25. The van der Waals surface area contributed by atoms with E-state index in [-0.39, 0.29) is 17.5 Å². The van der Waals surface area contributed by atoms with Crippen molar-refractivity contribution in [2.45, 2.75) is 6.92 Å². The first-order chi connectivity index (χ1) is 18.8. The predicted octanol–water partition coefficient (Wildman–Crippen LogP) is 6.18. The van der Waals surface area contributed by atoms with Gasteiger partial charge in [-0.2, -0.15) is 9.78 Å². The zero-order valence-electron chi connectivity index (χ0n) is 21.5. The number of esters is 1. The van der Waals surface area contributed by atoms with E-state index in [1.54, 1.807) is 48.5 Å². The fourth-order valence-electron chi connectivity index (χ4n) is 4.09. The second-order valence-electron chi connectivity index (χ2n) is 8.96.